The van der Waals surface area contributed by atoms with E-state index in [1.807, 2.05) is 37.3 Å². The van der Waals surface area contributed by atoms with Crippen LogP contribution in [-0.2, 0) is 0 Å². The SMILES string of the molecule is CCC1SC(=O)N(C(NC(=O)c2ccncc2)c2ccccc2)N=C1c1ccc(OCF)c(OC)c1. The minimum atomic E-state index is -0.984. The van der Waals surface area contributed by atoms with Crippen molar-refractivity contribution in [1.82, 2.24) is 15.3 Å². The lowest BCUT2D eigenvalue weighted by Gasteiger charge is -2.34. The number of ether oxygens (including phenoxy) is 2. The van der Waals surface area contributed by atoms with Crippen LogP contribution in [0.15, 0.2) is 78.2 Å². The number of thioether (sulfide) groups is 1. The molecule has 1 aromatic heterocycles. The molecule has 8 nitrogen and oxygen atoms in total. The second-order valence-electron chi connectivity index (χ2n) is 7.75. The van der Waals surface area contributed by atoms with Crippen molar-refractivity contribution >= 4 is 28.6 Å². The minimum Gasteiger partial charge on any atom is -0.493 e. The fourth-order valence-corrected chi connectivity index (χ4v) is 4.73. The minimum absolute atomic E-state index is 0.223. The van der Waals surface area contributed by atoms with E-state index in [0.29, 0.717) is 34.6 Å². The molecule has 0 saturated carbocycles. The summed E-state index contributed by atoms with van der Waals surface area (Å²) in [6.45, 7) is 0.982. The molecule has 0 fully saturated rings. The lowest BCUT2D eigenvalue weighted by atomic mass is 10.0. The highest BCUT2D eigenvalue weighted by Crippen LogP contribution is 2.36. The van der Waals surface area contributed by atoms with E-state index in [0.717, 1.165) is 11.8 Å². The van der Waals surface area contributed by atoms with Gasteiger partial charge in [-0.15, -0.1) is 0 Å². The Bertz CT molecular complexity index is 1240. The van der Waals surface area contributed by atoms with Gasteiger partial charge in [-0.3, -0.25) is 14.6 Å². The molecule has 186 valence electrons. The fraction of sp³-hybridized carbons (Fsp3) is 0.231. The third-order valence-corrected chi connectivity index (χ3v) is 6.79. The number of nitrogens with zero attached hydrogens (tertiary/aromatic N) is 3. The van der Waals surface area contributed by atoms with Crippen LogP contribution in [0.2, 0.25) is 0 Å². The lowest BCUT2D eigenvalue weighted by Crippen LogP contribution is -2.44. The maximum absolute atomic E-state index is 13.3. The smallest absolute Gasteiger partial charge is 0.304 e. The van der Waals surface area contributed by atoms with Gasteiger partial charge in [-0.1, -0.05) is 49.0 Å². The van der Waals surface area contributed by atoms with Crippen molar-refractivity contribution in [2.45, 2.75) is 24.8 Å². The van der Waals surface area contributed by atoms with Crippen molar-refractivity contribution in [2.75, 3.05) is 14.0 Å². The molecule has 1 N–H and O–H groups in total. The van der Waals surface area contributed by atoms with Crippen molar-refractivity contribution in [3.8, 4) is 11.5 Å². The zero-order valence-electron chi connectivity index (χ0n) is 19.8. The molecule has 2 heterocycles. The third-order valence-electron chi connectivity index (χ3n) is 5.56. The Morgan fingerprint density at radius 3 is 2.56 bits per heavy atom. The topological polar surface area (TPSA) is 93.1 Å². The maximum atomic E-state index is 13.3. The largest absolute Gasteiger partial charge is 0.493 e. The van der Waals surface area contributed by atoms with Gasteiger partial charge in [0, 0.05) is 23.5 Å². The Labute approximate surface area is 212 Å². The highest BCUT2D eigenvalue weighted by atomic mass is 32.2. The van der Waals surface area contributed by atoms with Crippen LogP contribution < -0.4 is 14.8 Å². The van der Waals surface area contributed by atoms with Gasteiger partial charge in [0.15, 0.2) is 17.7 Å². The van der Waals surface area contributed by atoms with Crippen LogP contribution in [0, 0.1) is 0 Å². The Morgan fingerprint density at radius 1 is 1.14 bits per heavy atom. The normalized spacial score (nSPS) is 16.2. The molecule has 1 aliphatic rings. The Hall–Kier alpha value is -3.92. The monoisotopic (exact) mass is 508 g/mol. The number of nitrogens with one attached hydrogen (secondary N) is 1. The summed E-state index contributed by atoms with van der Waals surface area (Å²) >= 11 is 1.13. The predicted molar refractivity (Wildman–Crippen MR) is 136 cm³/mol. The Kier molecular flexibility index (Phi) is 8.17. The first kappa shape index (κ1) is 25.2. The number of benzene rings is 2. The van der Waals surface area contributed by atoms with E-state index in [1.165, 1.54) is 24.5 Å². The number of carbonyl (C=O) groups is 2. The molecule has 0 saturated heterocycles. The Morgan fingerprint density at radius 2 is 1.89 bits per heavy atom. The molecule has 2 atom stereocenters. The highest BCUT2D eigenvalue weighted by Gasteiger charge is 2.36. The summed E-state index contributed by atoms with van der Waals surface area (Å²) < 4.78 is 23.1. The van der Waals surface area contributed by atoms with Crippen molar-refractivity contribution in [3.63, 3.8) is 0 Å². The van der Waals surface area contributed by atoms with Crippen molar-refractivity contribution in [2.24, 2.45) is 5.10 Å². The van der Waals surface area contributed by atoms with Gasteiger partial charge in [0.1, 0.15) is 0 Å². The molecule has 10 heteroatoms. The quantitative estimate of drug-likeness (QED) is 0.428. The maximum Gasteiger partial charge on any atom is 0.304 e. The lowest BCUT2D eigenvalue weighted by molar-refractivity contribution is 0.0887. The number of rotatable bonds is 9. The average Bonchev–Trinajstić information content (AvgIpc) is 2.93. The highest BCUT2D eigenvalue weighted by molar-refractivity contribution is 8.14. The number of alkyl halides is 1. The number of hydrogen-bond donors (Lipinski definition) is 1. The number of methoxy groups -OCH3 is 1. The van der Waals surface area contributed by atoms with Gasteiger partial charge in [-0.05, 0) is 42.3 Å². The summed E-state index contributed by atoms with van der Waals surface area (Å²) in [6.07, 6.45) is 2.85. The first-order chi connectivity index (χ1) is 17.5. The van der Waals surface area contributed by atoms with Crippen LogP contribution in [0.3, 0.4) is 0 Å². The zero-order chi connectivity index (χ0) is 25.5. The van der Waals surface area contributed by atoms with E-state index in [2.05, 4.69) is 10.3 Å². The van der Waals surface area contributed by atoms with E-state index in [9.17, 15) is 14.0 Å². The molecule has 1 aliphatic heterocycles. The van der Waals surface area contributed by atoms with Crippen molar-refractivity contribution < 1.29 is 23.5 Å². The number of hydrogen-bond acceptors (Lipinski definition) is 7. The van der Waals surface area contributed by atoms with Gasteiger partial charge in [-0.25, -0.2) is 4.39 Å². The third kappa shape index (κ3) is 5.49. The van der Waals surface area contributed by atoms with E-state index < -0.39 is 13.0 Å². The number of aromatic nitrogens is 1. The summed E-state index contributed by atoms with van der Waals surface area (Å²) in [7, 11) is 1.47. The van der Waals surface area contributed by atoms with Crippen LogP contribution in [-0.4, -0.2) is 46.1 Å². The molecule has 2 amide bonds. The van der Waals surface area contributed by atoms with E-state index >= 15 is 0 Å². The van der Waals surface area contributed by atoms with E-state index in [-0.39, 0.29) is 22.1 Å². The Balaban J connectivity index is 1.76. The molecule has 4 rings (SSSR count). The van der Waals surface area contributed by atoms with E-state index in [1.54, 1.807) is 30.3 Å². The van der Waals surface area contributed by atoms with Gasteiger partial charge in [0.05, 0.1) is 18.1 Å². The average molecular weight is 509 g/mol. The summed E-state index contributed by atoms with van der Waals surface area (Å²) in [5.74, 6) is 0.245. The molecular weight excluding hydrogens is 483 g/mol. The molecule has 2 unspecified atom stereocenters. The molecule has 0 aliphatic carbocycles. The number of halogens is 1. The van der Waals surface area contributed by atoms with Gasteiger partial charge < -0.3 is 14.8 Å². The second-order valence-corrected chi connectivity index (χ2v) is 8.91. The summed E-state index contributed by atoms with van der Waals surface area (Å²) in [5, 5.41) is 8.45. The second kappa shape index (κ2) is 11.7. The molecule has 0 bridgehead atoms. The molecule has 3 aromatic rings. The number of carbonyl (C=O) groups excluding carboxylic acids is 2. The molecule has 0 radical (unpaired) electrons. The number of pyridine rings is 1. The number of hydrazone groups is 1. The van der Waals surface area contributed by atoms with Crippen LogP contribution in [0.4, 0.5) is 9.18 Å². The van der Waals surface area contributed by atoms with Crippen LogP contribution in [0.25, 0.3) is 0 Å². The van der Waals surface area contributed by atoms with Gasteiger partial charge in [0.25, 0.3) is 5.91 Å². The standard InChI is InChI=1S/C26H25FN4O4S/c1-3-22-23(19-9-10-20(35-16-27)21(15-19)34-2)30-31(26(33)36-22)24(17-7-5-4-6-8-17)29-25(32)18-11-13-28-14-12-18/h4-15,22,24H,3,16H2,1-2H3,(H,29,32). The molecular formula is C26H25FN4O4S. The van der Waals surface area contributed by atoms with E-state index in [4.69, 9.17) is 14.6 Å². The molecule has 2 aromatic carbocycles. The van der Waals surface area contributed by atoms with Gasteiger partial charge >= 0.3 is 5.24 Å². The first-order valence-electron chi connectivity index (χ1n) is 11.3. The van der Waals surface area contributed by atoms with Gasteiger partial charge in [0.2, 0.25) is 6.86 Å². The van der Waals surface area contributed by atoms with Crippen molar-refractivity contribution in [1.29, 1.82) is 0 Å². The molecule has 36 heavy (non-hydrogen) atoms. The fourth-order valence-electron chi connectivity index (χ4n) is 3.77. The zero-order valence-corrected chi connectivity index (χ0v) is 20.6. The first-order valence-corrected chi connectivity index (χ1v) is 12.1. The summed E-state index contributed by atoms with van der Waals surface area (Å²) in [6, 6.07) is 17.4. The summed E-state index contributed by atoms with van der Waals surface area (Å²) in [4.78, 5) is 30.3. The number of amides is 2. The molecule has 0 spiro atoms. The van der Waals surface area contributed by atoms with Gasteiger partial charge in [-0.2, -0.15) is 10.1 Å². The summed E-state index contributed by atoms with van der Waals surface area (Å²) in [5.41, 5.74) is 2.43. The van der Waals surface area contributed by atoms with Crippen LogP contribution in [0.1, 0.15) is 41.0 Å². The predicted octanol–water partition coefficient (Wildman–Crippen LogP) is 5.18. The van der Waals surface area contributed by atoms with Crippen molar-refractivity contribution in [3.05, 3.63) is 89.7 Å². The van der Waals surface area contributed by atoms with Crippen LogP contribution >= 0.6 is 11.8 Å². The van der Waals surface area contributed by atoms with Crippen LogP contribution in [0.5, 0.6) is 11.5 Å².